The zero-order chi connectivity index (χ0) is 15.5. The molecule has 3 rings (SSSR count). The van der Waals surface area contributed by atoms with Crippen LogP contribution in [0.3, 0.4) is 0 Å². The molecule has 1 N–H and O–H groups in total. The number of piperidine rings is 1. The minimum atomic E-state index is -0.234. The second-order valence-electron chi connectivity index (χ2n) is 5.96. The van der Waals surface area contributed by atoms with Crippen LogP contribution < -0.4 is 5.69 Å². The number of aryl methyl sites for hydroxylation is 3. The van der Waals surface area contributed by atoms with Crippen LogP contribution in [0.4, 0.5) is 0 Å². The summed E-state index contributed by atoms with van der Waals surface area (Å²) < 4.78 is 6.76. The summed E-state index contributed by atoms with van der Waals surface area (Å²) in [5.41, 5.74) is 1.19. The maximum absolute atomic E-state index is 12.1. The molecule has 0 aromatic carbocycles. The maximum atomic E-state index is 12.1. The van der Waals surface area contributed by atoms with E-state index < -0.39 is 0 Å². The van der Waals surface area contributed by atoms with Gasteiger partial charge in [-0.1, -0.05) is 11.6 Å². The fourth-order valence-electron chi connectivity index (χ4n) is 3.17. The largest absolute Gasteiger partial charge is 0.359 e. The maximum Gasteiger partial charge on any atom is 0.348 e. The summed E-state index contributed by atoms with van der Waals surface area (Å²) in [6, 6.07) is 0. The molecule has 1 saturated heterocycles. The topological polar surface area (TPSA) is 80.0 Å². The van der Waals surface area contributed by atoms with Gasteiger partial charge in [0.05, 0.1) is 0 Å². The number of nitrogens with one attached hydrogen (secondary N) is 1. The van der Waals surface area contributed by atoms with E-state index >= 15 is 0 Å². The first-order valence-corrected chi connectivity index (χ1v) is 7.98. The van der Waals surface area contributed by atoms with Gasteiger partial charge in [0, 0.05) is 6.42 Å². The second-order valence-corrected chi connectivity index (χ2v) is 5.96. The molecule has 1 aliphatic heterocycles. The van der Waals surface area contributed by atoms with Gasteiger partial charge >= 0.3 is 5.69 Å². The predicted molar refractivity (Wildman–Crippen MR) is 82.3 cm³/mol. The van der Waals surface area contributed by atoms with Gasteiger partial charge in [0.25, 0.3) is 0 Å². The molecule has 0 spiro atoms. The molecule has 22 heavy (non-hydrogen) atoms. The third-order valence-electron chi connectivity index (χ3n) is 4.28. The fourth-order valence-corrected chi connectivity index (χ4v) is 3.17. The summed E-state index contributed by atoms with van der Waals surface area (Å²) in [7, 11) is 0. The number of hydrogen-bond donors (Lipinski definition) is 1. The molecule has 7 heteroatoms. The van der Waals surface area contributed by atoms with Crippen molar-refractivity contribution in [2.24, 2.45) is 0 Å². The molecule has 0 saturated carbocycles. The van der Waals surface area contributed by atoms with Gasteiger partial charge in [-0.15, -0.1) is 0 Å². The first-order chi connectivity index (χ1) is 10.7. The van der Waals surface area contributed by atoms with E-state index in [0.29, 0.717) is 17.1 Å². The Bertz CT molecular complexity index is 659. The van der Waals surface area contributed by atoms with Gasteiger partial charge in [-0.3, -0.25) is 0 Å². The number of hydrogen-bond acceptors (Lipinski definition) is 5. The summed E-state index contributed by atoms with van der Waals surface area (Å²) in [5, 5.41) is 10.6. The van der Waals surface area contributed by atoms with Crippen LogP contribution in [0.25, 0.3) is 5.69 Å². The molecule has 0 amide bonds. The van der Waals surface area contributed by atoms with E-state index in [0.717, 1.165) is 25.2 Å². The molecule has 120 valence electrons. The summed E-state index contributed by atoms with van der Waals surface area (Å²) in [6.07, 6.45) is 5.70. The Morgan fingerprint density at radius 2 is 2.00 bits per heavy atom. The molecular formula is C15H23N5O2. The van der Waals surface area contributed by atoms with E-state index in [-0.39, 0.29) is 5.69 Å². The average molecular weight is 305 g/mol. The van der Waals surface area contributed by atoms with E-state index in [1.807, 2.05) is 13.8 Å². The third kappa shape index (κ3) is 2.99. The summed E-state index contributed by atoms with van der Waals surface area (Å²) in [6.45, 7) is 7.09. The molecule has 0 bridgehead atoms. The Morgan fingerprint density at radius 1 is 1.23 bits per heavy atom. The lowest BCUT2D eigenvalue weighted by atomic mass is 10.1. The van der Waals surface area contributed by atoms with Crippen LogP contribution in [-0.4, -0.2) is 44.5 Å². The molecular weight excluding hydrogens is 282 g/mol. The predicted octanol–water partition coefficient (Wildman–Crippen LogP) is 1.58. The molecule has 0 aliphatic carbocycles. The van der Waals surface area contributed by atoms with E-state index in [1.54, 1.807) is 4.57 Å². The van der Waals surface area contributed by atoms with Gasteiger partial charge in [0.2, 0.25) is 0 Å². The number of H-pyrrole nitrogens is 1. The van der Waals surface area contributed by atoms with Crippen LogP contribution in [0.2, 0.25) is 0 Å². The van der Waals surface area contributed by atoms with Crippen molar-refractivity contribution < 1.29 is 4.52 Å². The first kappa shape index (κ1) is 15.0. The highest BCUT2D eigenvalue weighted by molar-refractivity contribution is 5.39. The van der Waals surface area contributed by atoms with Crippen LogP contribution in [0.1, 0.15) is 43.0 Å². The van der Waals surface area contributed by atoms with Gasteiger partial charge in [0.1, 0.15) is 17.2 Å². The first-order valence-electron chi connectivity index (χ1n) is 7.98. The molecule has 0 unspecified atom stereocenters. The zero-order valence-electron chi connectivity index (χ0n) is 13.3. The monoisotopic (exact) mass is 305 g/mol. The van der Waals surface area contributed by atoms with E-state index in [1.165, 1.54) is 32.4 Å². The lowest BCUT2D eigenvalue weighted by molar-refractivity contribution is 0.226. The Hall–Kier alpha value is -1.89. The number of rotatable bonds is 5. The number of aromatic nitrogens is 4. The summed E-state index contributed by atoms with van der Waals surface area (Å²) >= 11 is 0. The standard InChI is InChI=1S/C15H23N5O2/c1-11-14(12(2)22-18-11)20-13(16-17-15(20)21)7-6-10-19-8-4-3-5-9-19/h3-10H2,1-2H3,(H,17,21). The third-order valence-corrected chi connectivity index (χ3v) is 4.28. The normalized spacial score (nSPS) is 16.3. The second kappa shape index (κ2) is 6.48. The molecule has 2 aromatic heterocycles. The molecule has 3 heterocycles. The fraction of sp³-hybridized carbons (Fsp3) is 0.667. The van der Waals surface area contributed by atoms with Crippen LogP contribution in [0, 0.1) is 13.8 Å². The van der Waals surface area contributed by atoms with Crippen molar-refractivity contribution in [2.45, 2.75) is 46.0 Å². The van der Waals surface area contributed by atoms with E-state index in [2.05, 4.69) is 20.3 Å². The highest BCUT2D eigenvalue weighted by Gasteiger charge is 2.18. The molecule has 0 atom stereocenters. The summed E-state index contributed by atoms with van der Waals surface area (Å²) in [4.78, 5) is 14.6. The van der Waals surface area contributed by atoms with Crippen molar-refractivity contribution in [1.29, 1.82) is 0 Å². The molecule has 7 nitrogen and oxygen atoms in total. The average Bonchev–Trinajstić information content (AvgIpc) is 3.03. The van der Waals surface area contributed by atoms with Crippen molar-refractivity contribution in [3.05, 3.63) is 27.8 Å². The van der Waals surface area contributed by atoms with Gasteiger partial charge in [-0.2, -0.15) is 5.10 Å². The highest BCUT2D eigenvalue weighted by atomic mass is 16.5. The molecule has 2 aromatic rings. The smallest absolute Gasteiger partial charge is 0.348 e. The summed E-state index contributed by atoms with van der Waals surface area (Å²) in [5.74, 6) is 1.38. The van der Waals surface area contributed by atoms with E-state index in [4.69, 9.17) is 4.52 Å². The van der Waals surface area contributed by atoms with Crippen molar-refractivity contribution in [3.8, 4) is 5.69 Å². The lowest BCUT2D eigenvalue weighted by Gasteiger charge is -2.26. The van der Waals surface area contributed by atoms with E-state index in [9.17, 15) is 4.79 Å². The Kier molecular flexibility index (Phi) is 4.42. The van der Waals surface area contributed by atoms with Crippen LogP contribution in [0.15, 0.2) is 9.32 Å². The minimum absolute atomic E-state index is 0.234. The van der Waals surface area contributed by atoms with Crippen molar-refractivity contribution in [2.75, 3.05) is 19.6 Å². The number of aromatic amines is 1. The minimum Gasteiger partial charge on any atom is -0.359 e. The molecule has 1 aliphatic rings. The van der Waals surface area contributed by atoms with Gasteiger partial charge in [-0.05, 0) is 52.7 Å². The SMILES string of the molecule is Cc1noc(C)c1-n1c(CCCN2CCCCC2)n[nH]c1=O. The van der Waals surface area contributed by atoms with Crippen LogP contribution >= 0.6 is 0 Å². The van der Waals surface area contributed by atoms with Crippen molar-refractivity contribution in [1.82, 2.24) is 24.8 Å². The Balaban J connectivity index is 1.71. The Labute approximate surface area is 129 Å². The Morgan fingerprint density at radius 3 is 2.68 bits per heavy atom. The number of nitrogens with zero attached hydrogens (tertiary/aromatic N) is 4. The van der Waals surface area contributed by atoms with Crippen LogP contribution in [-0.2, 0) is 6.42 Å². The van der Waals surface area contributed by atoms with Gasteiger partial charge in [0.15, 0.2) is 5.76 Å². The van der Waals surface area contributed by atoms with Gasteiger partial charge in [-0.25, -0.2) is 14.5 Å². The highest BCUT2D eigenvalue weighted by Crippen LogP contribution is 2.18. The van der Waals surface area contributed by atoms with Crippen LogP contribution in [0.5, 0.6) is 0 Å². The quantitative estimate of drug-likeness (QED) is 0.907. The lowest BCUT2D eigenvalue weighted by Crippen LogP contribution is -2.31. The number of likely N-dealkylation sites (tertiary alicyclic amines) is 1. The zero-order valence-corrected chi connectivity index (χ0v) is 13.3. The van der Waals surface area contributed by atoms with Crippen molar-refractivity contribution in [3.63, 3.8) is 0 Å². The van der Waals surface area contributed by atoms with Gasteiger partial charge < -0.3 is 9.42 Å². The van der Waals surface area contributed by atoms with Crippen molar-refractivity contribution >= 4 is 0 Å². The molecule has 1 fully saturated rings. The molecule has 0 radical (unpaired) electrons.